The van der Waals surface area contributed by atoms with Crippen molar-refractivity contribution in [2.45, 2.75) is 32.8 Å². The first-order valence-corrected chi connectivity index (χ1v) is 10.6. The molecule has 33 heavy (non-hydrogen) atoms. The number of aromatic nitrogens is 1. The molecule has 172 valence electrons. The molecule has 0 fully saturated rings. The third kappa shape index (κ3) is 6.10. The Balaban J connectivity index is 1.64. The van der Waals surface area contributed by atoms with Gasteiger partial charge in [0.15, 0.2) is 11.5 Å². The zero-order valence-corrected chi connectivity index (χ0v) is 19.6. The molecule has 7 nitrogen and oxygen atoms in total. The molecule has 0 saturated carbocycles. The summed E-state index contributed by atoms with van der Waals surface area (Å²) < 4.78 is 12.7. The van der Waals surface area contributed by atoms with Crippen LogP contribution in [0.1, 0.15) is 47.8 Å². The third-order valence-electron chi connectivity index (χ3n) is 5.15. The quantitative estimate of drug-likeness (QED) is 0.438. The van der Waals surface area contributed by atoms with E-state index in [1.807, 2.05) is 0 Å². The number of ether oxygens (including phenoxy) is 2. The third-order valence-corrected chi connectivity index (χ3v) is 5.15. The van der Waals surface area contributed by atoms with Crippen molar-refractivity contribution in [1.29, 1.82) is 0 Å². The van der Waals surface area contributed by atoms with Crippen LogP contribution in [0, 0.1) is 0 Å². The highest BCUT2D eigenvalue weighted by Crippen LogP contribution is 2.29. The predicted molar refractivity (Wildman–Crippen MR) is 129 cm³/mol. The summed E-state index contributed by atoms with van der Waals surface area (Å²) in [6.45, 7) is 6.96. The number of hydrogen-bond acceptors (Lipinski definition) is 5. The lowest BCUT2D eigenvalue weighted by molar-refractivity contribution is 0.0953. The zero-order chi connectivity index (χ0) is 24.0. The SMILES string of the molecule is COc1cc(/C=N\NC(=O)c2cccn(C)c2=O)ccc1OCc1ccc(C(C)(C)C)cc1. The number of aryl methyl sites for hydroxylation is 1. The first-order valence-electron chi connectivity index (χ1n) is 10.6. The van der Waals surface area contributed by atoms with Gasteiger partial charge in [0.25, 0.3) is 11.5 Å². The minimum atomic E-state index is -0.572. The molecule has 0 aliphatic rings. The number of benzene rings is 2. The van der Waals surface area contributed by atoms with Gasteiger partial charge in [-0.2, -0.15) is 5.10 Å². The molecule has 0 spiro atoms. The molecule has 0 unspecified atom stereocenters. The number of nitrogens with one attached hydrogen (secondary N) is 1. The van der Waals surface area contributed by atoms with Gasteiger partial charge in [-0.05, 0) is 52.4 Å². The van der Waals surface area contributed by atoms with Crippen molar-refractivity contribution in [3.05, 3.63) is 93.4 Å². The molecule has 0 atom stereocenters. The molecular weight excluding hydrogens is 418 g/mol. The lowest BCUT2D eigenvalue weighted by atomic mass is 9.87. The van der Waals surface area contributed by atoms with Gasteiger partial charge in [0.05, 0.1) is 13.3 Å². The van der Waals surface area contributed by atoms with E-state index in [0.717, 1.165) is 5.56 Å². The maximum absolute atomic E-state index is 12.2. The number of hydrazone groups is 1. The van der Waals surface area contributed by atoms with Crippen LogP contribution >= 0.6 is 0 Å². The van der Waals surface area contributed by atoms with Crippen LogP contribution < -0.4 is 20.5 Å². The number of carbonyl (C=O) groups excluding carboxylic acids is 1. The Morgan fingerprint density at radius 1 is 1.09 bits per heavy atom. The van der Waals surface area contributed by atoms with Gasteiger partial charge in [-0.1, -0.05) is 45.0 Å². The largest absolute Gasteiger partial charge is 0.493 e. The Labute approximate surface area is 193 Å². The van der Waals surface area contributed by atoms with Crippen molar-refractivity contribution < 1.29 is 14.3 Å². The number of nitrogens with zero attached hydrogens (tertiary/aromatic N) is 2. The summed E-state index contributed by atoms with van der Waals surface area (Å²) in [7, 11) is 3.15. The second-order valence-electron chi connectivity index (χ2n) is 8.68. The average Bonchev–Trinajstić information content (AvgIpc) is 2.79. The fourth-order valence-electron chi connectivity index (χ4n) is 3.14. The van der Waals surface area contributed by atoms with Crippen LogP contribution in [0.5, 0.6) is 11.5 Å². The van der Waals surface area contributed by atoms with Crippen LogP contribution in [0.4, 0.5) is 0 Å². The fourth-order valence-corrected chi connectivity index (χ4v) is 3.14. The molecule has 1 heterocycles. The van der Waals surface area contributed by atoms with Gasteiger partial charge in [-0.15, -0.1) is 0 Å². The molecular formula is C26H29N3O4. The molecule has 1 amide bonds. The van der Waals surface area contributed by atoms with Crippen molar-refractivity contribution in [2.75, 3.05) is 7.11 Å². The van der Waals surface area contributed by atoms with Crippen molar-refractivity contribution in [3.8, 4) is 11.5 Å². The lowest BCUT2D eigenvalue weighted by Crippen LogP contribution is -2.29. The first kappa shape index (κ1) is 23.8. The summed E-state index contributed by atoms with van der Waals surface area (Å²) >= 11 is 0. The molecule has 3 rings (SSSR count). The topological polar surface area (TPSA) is 81.9 Å². The van der Waals surface area contributed by atoms with Gasteiger partial charge in [0, 0.05) is 13.2 Å². The van der Waals surface area contributed by atoms with Crippen LogP contribution in [0.2, 0.25) is 0 Å². The summed E-state index contributed by atoms with van der Waals surface area (Å²) in [6, 6.07) is 16.8. The summed E-state index contributed by atoms with van der Waals surface area (Å²) in [6.07, 6.45) is 3.06. The van der Waals surface area contributed by atoms with E-state index in [1.54, 1.807) is 44.6 Å². The smallest absolute Gasteiger partial charge is 0.276 e. The Kier molecular flexibility index (Phi) is 7.33. The molecule has 7 heteroatoms. The zero-order valence-electron chi connectivity index (χ0n) is 19.6. The van der Waals surface area contributed by atoms with Gasteiger partial charge >= 0.3 is 0 Å². The van der Waals surface area contributed by atoms with Crippen molar-refractivity contribution in [3.63, 3.8) is 0 Å². The van der Waals surface area contributed by atoms with E-state index >= 15 is 0 Å². The van der Waals surface area contributed by atoms with Crippen molar-refractivity contribution in [2.24, 2.45) is 12.1 Å². The molecule has 3 aromatic rings. The van der Waals surface area contributed by atoms with E-state index in [4.69, 9.17) is 9.47 Å². The predicted octanol–water partition coefficient (Wildman–Crippen LogP) is 4.03. The molecule has 0 bridgehead atoms. The Hall–Kier alpha value is -3.87. The minimum Gasteiger partial charge on any atom is -0.493 e. The lowest BCUT2D eigenvalue weighted by Gasteiger charge is -2.19. The van der Waals surface area contributed by atoms with Crippen LogP contribution in [-0.2, 0) is 19.1 Å². The highest BCUT2D eigenvalue weighted by Gasteiger charge is 2.13. The van der Waals surface area contributed by atoms with Crippen LogP contribution in [-0.4, -0.2) is 23.8 Å². The number of amides is 1. The normalized spacial score (nSPS) is 11.4. The van der Waals surface area contributed by atoms with Gasteiger partial charge in [-0.25, -0.2) is 5.43 Å². The molecule has 0 aliphatic carbocycles. The second-order valence-corrected chi connectivity index (χ2v) is 8.68. The standard InChI is InChI=1S/C26H29N3O4/c1-26(2,3)20-11-8-18(9-12-20)17-33-22-13-10-19(15-23(22)32-5)16-27-28-24(30)21-7-6-14-29(4)25(21)31/h6-16H,17H2,1-5H3,(H,28,30)/b27-16-. The highest BCUT2D eigenvalue weighted by molar-refractivity contribution is 5.94. The molecule has 0 radical (unpaired) electrons. The number of carbonyl (C=O) groups is 1. The number of methoxy groups -OCH3 is 1. The number of hydrogen-bond donors (Lipinski definition) is 1. The fraction of sp³-hybridized carbons (Fsp3) is 0.269. The summed E-state index contributed by atoms with van der Waals surface area (Å²) in [4.78, 5) is 24.2. The van der Waals surface area contributed by atoms with Crippen LogP contribution in [0.25, 0.3) is 0 Å². The molecule has 0 aliphatic heterocycles. The molecule has 1 N–H and O–H groups in total. The maximum atomic E-state index is 12.2. The van der Waals surface area contributed by atoms with Gasteiger partial charge in [-0.3, -0.25) is 9.59 Å². The van der Waals surface area contributed by atoms with Crippen LogP contribution in [0.3, 0.4) is 0 Å². The van der Waals surface area contributed by atoms with E-state index in [2.05, 4.69) is 55.6 Å². The van der Waals surface area contributed by atoms with Crippen molar-refractivity contribution in [1.82, 2.24) is 9.99 Å². The summed E-state index contributed by atoms with van der Waals surface area (Å²) in [5, 5.41) is 3.95. The monoisotopic (exact) mass is 447 g/mol. The second kappa shape index (κ2) is 10.2. The first-order chi connectivity index (χ1) is 15.7. The highest BCUT2D eigenvalue weighted by atomic mass is 16.5. The molecule has 0 saturated heterocycles. The average molecular weight is 448 g/mol. The Morgan fingerprint density at radius 3 is 2.48 bits per heavy atom. The van der Waals surface area contributed by atoms with E-state index in [9.17, 15) is 9.59 Å². The summed E-state index contributed by atoms with van der Waals surface area (Å²) in [5.74, 6) is 0.580. The minimum absolute atomic E-state index is 0.0222. The van der Waals surface area contributed by atoms with E-state index in [-0.39, 0.29) is 16.5 Å². The van der Waals surface area contributed by atoms with Crippen LogP contribution in [0.15, 0.2) is 70.7 Å². The Bertz CT molecular complexity index is 1210. The van der Waals surface area contributed by atoms with Gasteiger partial charge < -0.3 is 14.0 Å². The van der Waals surface area contributed by atoms with Gasteiger partial charge in [0.2, 0.25) is 0 Å². The Morgan fingerprint density at radius 2 is 1.82 bits per heavy atom. The van der Waals surface area contributed by atoms with Crippen molar-refractivity contribution >= 4 is 12.1 Å². The van der Waals surface area contributed by atoms with E-state index in [1.165, 1.54) is 22.4 Å². The maximum Gasteiger partial charge on any atom is 0.276 e. The van der Waals surface area contributed by atoms with E-state index in [0.29, 0.717) is 23.7 Å². The summed E-state index contributed by atoms with van der Waals surface area (Å²) in [5.41, 5.74) is 5.15. The van der Waals surface area contributed by atoms with Gasteiger partial charge in [0.1, 0.15) is 12.2 Å². The molecule has 2 aromatic carbocycles. The number of pyridine rings is 1. The molecule has 1 aromatic heterocycles. The van der Waals surface area contributed by atoms with E-state index < -0.39 is 5.91 Å². The number of rotatable bonds is 7.